The molecule has 0 aliphatic rings. The quantitative estimate of drug-likeness (QED) is 0.910. The molecule has 0 saturated carbocycles. The van der Waals surface area contributed by atoms with Crippen molar-refractivity contribution in [3.63, 3.8) is 0 Å². The van der Waals surface area contributed by atoms with Gasteiger partial charge in [0, 0.05) is 10.7 Å². The van der Waals surface area contributed by atoms with Gasteiger partial charge in [-0.2, -0.15) is 0 Å². The molecule has 2 aromatic carbocycles. The van der Waals surface area contributed by atoms with E-state index in [0.717, 1.165) is 0 Å². The van der Waals surface area contributed by atoms with Gasteiger partial charge in [0.2, 0.25) is 0 Å². The van der Waals surface area contributed by atoms with Gasteiger partial charge < -0.3 is 4.74 Å². The molecule has 0 atom stereocenters. The first-order valence-corrected chi connectivity index (χ1v) is 7.99. The third-order valence-electron chi connectivity index (χ3n) is 2.59. The van der Waals surface area contributed by atoms with Crippen LogP contribution in [0.2, 0.25) is 5.02 Å². The Bertz CT molecular complexity index is 732. The second-order valence-electron chi connectivity index (χ2n) is 4.14. The van der Waals surface area contributed by atoms with Gasteiger partial charge in [0.25, 0.3) is 10.0 Å². The second-order valence-corrected chi connectivity index (χ2v) is 6.22. The van der Waals surface area contributed by atoms with Crippen LogP contribution < -0.4 is 9.46 Å². The Labute approximate surface area is 127 Å². The van der Waals surface area contributed by atoms with E-state index in [1.54, 1.807) is 13.0 Å². The van der Waals surface area contributed by atoms with Crippen molar-refractivity contribution in [3.05, 3.63) is 53.3 Å². The van der Waals surface area contributed by atoms with Gasteiger partial charge >= 0.3 is 0 Å². The standard InChI is InChI=1S/C14H13ClFNO3S/c1-2-20-13-8-3-10(15)9-14(13)21(18,19)17-12-6-4-11(16)5-7-12/h3-9,17H,2H2,1H3. The maximum atomic E-state index is 12.8. The molecule has 0 saturated heterocycles. The largest absolute Gasteiger partial charge is 0.492 e. The molecule has 0 heterocycles. The van der Waals surface area contributed by atoms with Crippen LogP contribution in [0.3, 0.4) is 0 Å². The molecular weight excluding hydrogens is 317 g/mol. The average molecular weight is 330 g/mol. The van der Waals surface area contributed by atoms with Gasteiger partial charge in [-0.3, -0.25) is 4.72 Å². The molecule has 0 aliphatic carbocycles. The van der Waals surface area contributed by atoms with Crippen LogP contribution >= 0.6 is 11.6 Å². The summed E-state index contributed by atoms with van der Waals surface area (Å²) in [6.45, 7) is 2.07. The predicted octanol–water partition coefficient (Wildman–Crippen LogP) is 3.68. The summed E-state index contributed by atoms with van der Waals surface area (Å²) in [6, 6.07) is 9.33. The first-order valence-electron chi connectivity index (χ1n) is 6.13. The SMILES string of the molecule is CCOc1ccc(Cl)cc1S(=O)(=O)Nc1ccc(F)cc1. The molecule has 0 unspecified atom stereocenters. The van der Waals surface area contributed by atoms with Gasteiger partial charge in [0.15, 0.2) is 0 Å². The van der Waals surface area contributed by atoms with E-state index in [1.165, 1.54) is 36.4 Å². The van der Waals surface area contributed by atoms with E-state index in [1.807, 2.05) is 0 Å². The molecule has 7 heteroatoms. The van der Waals surface area contributed by atoms with E-state index in [-0.39, 0.29) is 21.4 Å². The number of halogens is 2. The van der Waals surface area contributed by atoms with Crippen LogP contribution in [-0.2, 0) is 10.0 Å². The Hall–Kier alpha value is -1.79. The molecule has 0 amide bonds. The van der Waals surface area contributed by atoms with Crippen molar-refractivity contribution in [1.29, 1.82) is 0 Å². The van der Waals surface area contributed by atoms with Crippen LogP contribution in [0.15, 0.2) is 47.4 Å². The molecule has 0 radical (unpaired) electrons. The molecule has 0 bridgehead atoms. The number of rotatable bonds is 5. The Morgan fingerprint density at radius 3 is 2.48 bits per heavy atom. The first-order chi connectivity index (χ1) is 9.92. The summed E-state index contributed by atoms with van der Waals surface area (Å²) in [5.74, 6) is -0.243. The van der Waals surface area contributed by atoms with Gasteiger partial charge in [-0.1, -0.05) is 11.6 Å². The van der Waals surface area contributed by atoms with E-state index in [9.17, 15) is 12.8 Å². The Balaban J connectivity index is 2.39. The zero-order chi connectivity index (χ0) is 15.5. The number of sulfonamides is 1. The summed E-state index contributed by atoms with van der Waals surface area (Å²) in [6.07, 6.45) is 0. The highest BCUT2D eigenvalue weighted by molar-refractivity contribution is 7.92. The monoisotopic (exact) mass is 329 g/mol. The van der Waals surface area contributed by atoms with E-state index < -0.39 is 15.8 Å². The lowest BCUT2D eigenvalue weighted by molar-refractivity contribution is 0.331. The van der Waals surface area contributed by atoms with Crippen molar-refractivity contribution in [2.24, 2.45) is 0 Å². The van der Waals surface area contributed by atoms with Crippen LogP contribution in [0.4, 0.5) is 10.1 Å². The lowest BCUT2D eigenvalue weighted by Gasteiger charge is -2.13. The summed E-state index contributed by atoms with van der Waals surface area (Å²) >= 11 is 5.85. The summed E-state index contributed by atoms with van der Waals surface area (Å²) in [7, 11) is -3.88. The maximum Gasteiger partial charge on any atom is 0.265 e. The van der Waals surface area contributed by atoms with Crippen molar-refractivity contribution in [1.82, 2.24) is 0 Å². The maximum absolute atomic E-state index is 12.8. The fourth-order valence-corrected chi connectivity index (χ4v) is 3.16. The molecule has 4 nitrogen and oxygen atoms in total. The van der Waals surface area contributed by atoms with Gasteiger partial charge in [-0.25, -0.2) is 12.8 Å². The predicted molar refractivity (Wildman–Crippen MR) is 79.8 cm³/mol. The van der Waals surface area contributed by atoms with E-state index in [2.05, 4.69) is 4.72 Å². The highest BCUT2D eigenvalue weighted by Gasteiger charge is 2.20. The van der Waals surface area contributed by atoms with E-state index in [4.69, 9.17) is 16.3 Å². The zero-order valence-electron chi connectivity index (χ0n) is 11.1. The van der Waals surface area contributed by atoms with E-state index >= 15 is 0 Å². The molecule has 2 aromatic rings. The number of nitrogens with one attached hydrogen (secondary N) is 1. The summed E-state index contributed by atoms with van der Waals surface area (Å²) in [4.78, 5) is -0.0684. The van der Waals surface area contributed by atoms with Gasteiger partial charge in [0.1, 0.15) is 16.5 Å². The van der Waals surface area contributed by atoms with Crippen molar-refractivity contribution in [2.45, 2.75) is 11.8 Å². The highest BCUT2D eigenvalue weighted by atomic mass is 35.5. The van der Waals surface area contributed by atoms with Gasteiger partial charge in [0.05, 0.1) is 6.61 Å². The van der Waals surface area contributed by atoms with Crippen LogP contribution in [0.25, 0.3) is 0 Å². The van der Waals surface area contributed by atoms with Crippen molar-refractivity contribution in [2.75, 3.05) is 11.3 Å². The molecule has 0 spiro atoms. The lowest BCUT2D eigenvalue weighted by atomic mass is 10.3. The molecular formula is C14H13ClFNO3S. The van der Waals surface area contributed by atoms with E-state index in [0.29, 0.717) is 6.61 Å². The Morgan fingerprint density at radius 2 is 1.86 bits per heavy atom. The topological polar surface area (TPSA) is 55.4 Å². The van der Waals surface area contributed by atoms with Gasteiger partial charge in [-0.15, -0.1) is 0 Å². The summed E-state index contributed by atoms with van der Waals surface area (Å²) in [5, 5.41) is 0.276. The third kappa shape index (κ3) is 3.86. The number of benzene rings is 2. The minimum absolute atomic E-state index is 0.0684. The number of hydrogen-bond donors (Lipinski definition) is 1. The molecule has 1 N–H and O–H groups in total. The molecule has 0 aliphatic heterocycles. The minimum atomic E-state index is -3.88. The second kappa shape index (κ2) is 6.32. The fraction of sp³-hybridized carbons (Fsp3) is 0.143. The zero-order valence-corrected chi connectivity index (χ0v) is 12.7. The van der Waals surface area contributed by atoms with Crippen LogP contribution in [0, 0.1) is 5.82 Å². The van der Waals surface area contributed by atoms with Crippen molar-refractivity contribution in [3.8, 4) is 5.75 Å². The molecule has 21 heavy (non-hydrogen) atoms. The van der Waals surface area contributed by atoms with Crippen molar-refractivity contribution < 1.29 is 17.5 Å². The summed E-state index contributed by atoms with van der Waals surface area (Å²) < 4.78 is 45.3. The molecule has 0 aromatic heterocycles. The number of hydrogen-bond acceptors (Lipinski definition) is 3. The molecule has 112 valence electrons. The van der Waals surface area contributed by atoms with Crippen LogP contribution in [-0.4, -0.2) is 15.0 Å². The number of anilines is 1. The minimum Gasteiger partial charge on any atom is -0.492 e. The Morgan fingerprint density at radius 1 is 1.19 bits per heavy atom. The molecule has 0 fully saturated rings. The Kier molecular flexibility index (Phi) is 4.69. The van der Waals surface area contributed by atoms with Gasteiger partial charge in [-0.05, 0) is 49.4 Å². The normalized spacial score (nSPS) is 11.2. The molecule has 2 rings (SSSR count). The van der Waals surface area contributed by atoms with Crippen molar-refractivity contribution >= 4 is 27.3 Å². The first kappa shape index (κ1) is 15.6. The lowest BCUT2D eigenvalue weighted by Crippen LogP contribution is -2.14. The van der Waals surface area contributed by atoms with Crippen LogP contribution in [0.1, 0.15) is 6.92 Å². The number of ether oxygens (including phenoxy) is 1. The smallest absolute Gasteiger partial charge is 0.265 e. The van der Waals surface area contributed by atoms with Crippen LogP contribution in [0.5, 0.6) is 5.75 Å². The summed E-state index contributed by atoms with van der Waals surface area (Å²) in [5.41, 5.74) is 0.249. The fourth-order valence-electron chi connectivity index (χ4n) is 1.69. The third-order valence-corrected chi connectivity index (χ3v) is 4.23. The highest BCUT2D eigenvalue weighted by Crippen LogP contribution is 2.29. The average Bonchev–Trinajstić information content (AvgIpc) is 2.43.